The zero-order chi connectivity index (χ0) is 77.7. The SMILES string of the molecule is CC(C#N)C(C)C#N.CC(C(=O)OC(C)(C)C)C(C)C(=O)OC(C)(C)C.CC(Cl)(Cl)C(C)(Cl)Cl.CC(F)(F)C(C)(F)C(F)(F)F.CC(F)(F)C(C)(F)F.CCC(C)(C#N)C(F)(F)F.CCC(C)(C(=O)OC(C)(C)C)C(=O)OC(C)(C)C.COC(=O)C(C)C(C)C(=O)OC. The van der Waals surface area contributed by atoms with Gasteiger partial charge in [0.15, 0.2) is 5.41 Å². The van der Waals surface area contributed by atoms with Crippen molar-refractivity contribution in [3.05, 3.63) is 0 Å². The number of alkyl halides is 17. The predicted octanol–water partition coefficient (Wildman–Crippen LogP) is 19.0. The first-order chi connectivity index (χ1) is 40.3. The van der Waals surface area contributed by atoms with E-state index >= 15 is 0 Å². The Morgan fingerprint density at radius 2 is 0.602 bits per heavy atom. The van der Waals surface area contributed by atoms with Crippen molar-refractivity contribution in [1.29, 1.82) is 15.8 Å². The van der Waals surface area contributed by atoms with Gasteiger partial charge in [-0.2, -0.15) is 42.1 Å². The van der Waals surface area contributed by atoms with E-state index in [0.29, 0.717) is 6.42 Å². The smallest absolute Gasteiger partial charge is 0.428 e. The van der Waals surface area contributed by atoms with Crippen molar-refractivity contribution in [2.45, 2.75) is 274 Å². The van der Waals surface area contributed by atoms with Crippen LogP contribution in [0.15, 0.2) is 0 Å². The number of nitriles is 3. The summed E-state index contributed by atoms with van der Waals surface area (Å²) in [6.07, 6.45) is -9.80. The maximum absolute atomic E-state index is 12.2. The minimum Gasteiger partial charge on any atom is -0.469 e. The van der Waals surface area contributed by atoms with Crippen molar-refractivity contribution in [2.24, 2.45) is 46.3 Å². The summed E-state index contributed by atoms with van der Waals surface area (Å²) in [5.74, 6) is -17.0. The number of esters is 6. The Morgan fingerprint density at radius 3 is 0.699 bits per heavy atom. The van der Waals surface area contributed by atoms with E-state index in [1.54, 1.807) is 138 Å². The van der Waals surface area contributed by atoms with Crippen LogP contribution in [0, 0.1) is 80.3 Å². The second-order valence-corrected chi connectivity index (χ2v) is 29.4. The summed E-state index contributed by atoms with van der Waals surface area (Å²) < 4.78 is 180. The molecular weight excluding hydrogens is 1360 g/mol. The Labute approximate surface area is 562 Å². The lowest BCUT2D eigenvalue weighted by Crippen LogP contribution is -2.51. The van der Waals surface area contributed by atoms with Crippen LogP contribution in [0.1, 0.15) is 207 Å². The number of nitrogens with zero attached hydrogens (tertiary/aromatic N) is 3. The second-order valence-electron chi connectivity index (χ2n) is 26.0. The largest absolute Gasteiger partial charge is 0.469 e. The zero-order valence-corrected chi connectivity index (χ0v) is 62.1. The summed E-state index contributed by atoms with van der Waals surface area (Å²) in [6, 6.07) is 5.23. The van der Waals surface area contributed by atoms with Gasteiger partial charge in [-0.1, -0.05) is 87.9 Å². The van der Waals surface area contributed by atoms with Crippen LogP contribution in [0.4, 0.5) is 57.1 Å². The highest BCUT2D eigenvalue weighted by Gasteiger charge is 2.65. The highest BCUT2D eigenvalue weighted by molar-refractivity contribution is 6.62. The number of carbonyl (C=O) groups excluding carboxylic acids is 6. The molecule has 0 saturated carbocycles. The van der Waals surface area contributed by atoms with Gasteiger partial charge in [-0.15, -0.1) is 0 Å². The van der Waals surface area contributed by atoms with Gasteiger partial charge in [0, 0.05) is 20.8 Å². The summed E-state index contributed by atoms with van der Waals surface area (Å²) in [6.45, 7) is 40.3. The Kier molecular flexibility index (Phi) is 46.1. The highest BCUT2D eigenvalue weighted by Crippen LogP contribution is 2.45. The van der Waals surface area contributed by atoms with Gasteiger partial charge in [-0.3, -0.25) is 28.8 Å². The van der Waals surface area contributed by atoms with Gasteiger partial charge < -0.3 is 28.4 Å². The van der Waals surface area contributed by atoms with Gasteiger partial charge in [0.2, 0.25) is 0 Å². The average Bonchev–Trinajstić information content (AvgIpc) is 0.809. The fraction of sp³-hybridized carbons (Fsp3) is 0.852. The Balaban J connectivity index is -0.000000151. The van der Waals surface area contributed by atoms with E-state index in [2.05, 4.69) is 9.47 Å². The van der Waals surface area contributed by atoms with Crippen molar-refractivity contribution in [3.63, 3.8) is 0 Å². The maximum atomic E-state index is 12.2. The van der Waals surface area contributed by atoms with E-state index in [0.717, 1.165) is 6.92 Å². The van der Waals surface area contributed by atoms with Gasteiger partial charge in [0.1, 0.15) is 36.5 Å². The summed E-state index contributed by atoms with van der Waals surface area (Å²) in [4.78, 5) is 69.8. The van der Waals surface area contributed by atoms with Gasteiger partial charge >= 0.3 is 60.0 Å². The maximum Gasteiger partial charge on any atom is 0.428 e. The average molecular weight is 1460 g/mol. The van der Waals surface area contributed by atoms with Crippen molar-refractivity contribution >= 4 is 82.2 Å². The molecule has 93 heavy (non-hydrogen) atoms. The molecule has 8 unspecified atom stereocenters. The number of carbonyl (C=O) groups is 6. The third-order valence-electron chi connectivity index (χ3n) is 12.2. The molecule has 0 radical (unpaired) electrons. The summed E-state index contributed by atoms with van der Waals surface area (Å²) in [5, 5.41) is 24.6. The number of methoxy groups -OCH3 is 2. The summed E-state index contributed by atoms with van der Waals surface area (Å²) in [5.41, 5.74) is -10.2. The molecule has 0 aromatic carbocycles. The van der Waals surface area contributed by atoms with Crippen molar-refractivity contribution in [3.8, 4) is 18.2 Å². The molecule has 0 amide bonds. The van der Waals surface area contributed by atoms with Gasteiger partial charge in [-0.25, -0.2) is 30.7 Å². The summed E-state index contributed by atoms with van der Waals surface area (Å²) in [7, 11) is 2.59. The molecule has 32 heteroatoms. The normalized spacial score (nSPS) is 15.5. The zero-order valence-electron chi connectivity index (χ0n) is 59.0. The topological polar surface area (TPSA) is 229 Å². The van der Waals surface area contributed by atoms with Gasteiger partial charge in [0.25, 0.3) is 11.6 Å². The van der Waals surface area contributed by atoms with Crippen molar-refractivity contribution in [2.75, 3.05) is 14.2 Å². The molecule has 8 atom stereocenters. The Morgan fingerprint density at radius 1 is 0.376 bits per heavy atom. The molecule has 0 aromatic rings. The minimum atomic E-state index is -5.54. The number of hydrogen-bond acceptors (Lipinski definition) is 15. The number of halogens is 17. The fourth-order valence-electron chi connectivity index (χ4n) is 3.95. The fourth-order valence-corrected chi connectivity index (χ4v) is 3.95. The molecule has 0 heterocycles. The molecule has 0 rings (SSSR count). The number of rotatable bonds is 14. The molecule has 0 fully saturated rings. The van der Waals surface area contributed by atoms with E-state index in [4.69, 9.17) is 81.1 Å². The van der Waals surface area contributed by atoms with Crippen molar-refractivity contribution < 1.29 is 114 Å². The standard InChI is InChI=1S/2C14H26O4.C8H14O4.C6H8F3N.C6H8N2.C5H6F6.C4H6Cl4.C4H6F4/c1-9-14(8,10(15)17-12(2,3)4)11(16)18-13(5,6)7;1-9(11(15)17-13(3,4)5)10(2)12(16)18-14(6,7)8;1-5(7(9)11-3)6(2)8(10)12-4;1-3-5(2,4-10)6(7,8)9;1-5(3-7)6(2)4-8;1-3(6,4(2,7)8)5(9,10)11;2*1-3(5,6)4(2,7)8/h9H2,1-8H3;9-10H,1-8H3;5-6H,1-4H3;3H2,1-2H3;5-6H,1-2H3;1-2H3;2*1-2H3. The van der Waals surface area contributed by atoms with Crippen LogP contribution in [-0.4, -0.2) is 117 Å². The number of ether oxygens (including phenoxy) is 6. The first-order valence-corrected chi connectivity index (χ1v) is 29.8. The van der Waals surface area contributed by atoms with Crippen molar-refractivity contribution in [1.82, 2.24) is 0 Å². The molecule has 0 saturated heterocycles. The van der Waals surface area contributed by atoms with Crippen LogP contribution in [-0.2, 0) is 57.2 Å². The lowest BCUT2D eigenvalue weighted by molar-refractivity contribution is -0.289. The molecule has 0 aliphatic rings. The quantitative estimate of drug-likeness (QED) is 0.0518. The highest BCUT2D eigenvalue weighted by atomic mass is 35.5. The molecule has 0 spiro atoms. The third-order valence-corrected chi connectivity index (χ3v) is 14.1. The Hall–Kier alpha value is -4.46. The molecule has 550 valence electrons. The molecule has 0 aromatic heterocycles. The lowest BCUT2D eigenvalue weighted by atomic mass is 9.87. The lowest BCUT2D eigenvalue weighted by Gasteiger charge is -2.31. The van der Waals surface area contributed by atoms with Crippen LogP contribution in [0.5, 0.6) is 0 Å². The first kappa shape index (κ1) is 105. The van der Waals surface area contributed by atoms with Crippen LogP contribution < -0.4 is 0 Å². The molecule has 15 nitrogen and oxygen atoms in total. The molecule has 0 N–H and O–H groups in total. The van der Waals surface area contributed by atoms with E-state index in [1.807, 2.05) is 12.1 Å². The Bertz CT molecular complexity index is 2230. The van der Waals surface area contributed by atoms with Crippen LogP contribution in [0.3, 0.4) is 0 Å². The van der Waals surface area contributed by atoms with E-state index in [1.165, 1.54) is 41.1 Å². The third kappa shape index (κ3) is 46.4. The van der Waals surface area contributed by atoms with Crippen LogP contribution >= 0.6 is 46.4 Å². The second kappa shape index (κ2) is 40.9. The van der Waals surface area contributed by atoms with E-state index in [-0.39, 0.29) is 57.9 Å². The molecule has 0 aliphatic heterocycles. The van der Waals surface area contributed by atoms with Gasteiger partial charge in [0.05, 0.1) is 67.9 Å². The molecular formula is C61H100Cl4F13N3O12. The predicted molar refractivity (Wildman–Crippen MR) is 330 cm³/mol. The number of hydrogen-bond donors (Lipinski definition) is 0. The van der Waals surface area contributed by atoms with E-state index < -0.39 is 125 Å². The first-order valence-electron chi connectivity index (χ1n) is 28.3. The minimum absolute atomic E-state index is 0.111. The molecule has 0 bridgehead atoms. The van der Waals surface area contributed by atoms with Crippen LogP contribution in [0.2, 0.25) is 0 Å². The monoisotopic (exact) mass is 1450 g/mol. The molecule has 0 aliphatic carbocycles. The summed E-state index contributed by atoms with van der Waals surface area (Å²) >= 11 is 22.0. The van der Waals surface area contributed by atoms with Crippen LogP contribution in [0.25, 0.3) is 0 Å². The van der Waals surface area contributed by atoms with E-state index in [9.17, 15) is 85.8 Å². The van der Waals surface area contributed by atoms with Gasteiger partial charge in [-0.05, 0) is 144 Å².